The van der Waals surface area contributed by atoms with Crippen LogP contribution >= 0.6 is 0 Å². The van der Waals surface area contributed by atoms with Crippen LogP contribution in [-0.4, -0.2) is 42.6 Å². The third-order valence-electron chi connectivity index (χ3n) is 5.78. The molecule has 28 heavy (non-hydrogen) atoms. The summed E-state index contributed by atoms with van der Waals surface area (Å²) in [6.45, 7) is -0.605. The number of benzene rings is 1. The molecule has 10 heteroatoms. The summed E-state index contributed by atoms with van der Waals surface area (Å²) in [7, 11) is 1.39. The van der Waals surface area contributed by atoms with Gasteiger partial charge in [0.05, 0.1) is 23.9 Å². The highest BCUT2D eigenvalue weighted by Gasteiger charge is 2.64. The van der Waals surface area contributed by atoms with Crippen LogP contribution in [0, 0.1) is 33.8 Å². The number of ether oxygens (including phenoxy) is 3. The van der Waals surface area contributed by atoms with E-state index in [1.807, 2.05) is 0 Å². The van der Waals surface area contributed by atoms with Crippen LogP contribution in [0.15, 0.2) is 18.2 Å². The number of carbonyl (C=O) groups is 3. The van der Waals surface area contributed by atoms with E-state index < -0.39 is 35.2 Å². The predicted octanol–water partition coefficient (Wildman–Crippen LogP) is 1.28. The van der Waals surface area contributed by atoms with Crippen LogP contribution < -0.4 is 10.1 Å². The molecule has 3 fully saturated rings. The Balaban J connectivity index is 1.38. The lowest BCUT2D eigenvalue weighted by atomic mass is 9.80. The zero-order valence-electron chi connectivity index (χ0n) is 15.0. The number of esters is 2. The van der Waals surface area contributed by atoms with Gasteiger partial charge in [-0.25, -0.2) is 0 Å². The van der Waals surface area contributed by atoms with E-state index in [2.05, 4.69) is 5.32 Å². The molecule has 10 nitrogen and oxygen atoms in total. The second-order valence-corrected chi connectivity index (χ2v) is 7.22. The van der Waals surface area contributed by atoms with Gasteiger partial charge in [-0.15, -0.1) is 0 Å². The van der Waals surface area contributed by atoms with Gasteiger partial charge in [-0.1, -0.05) is 0 Å². The van der Waals surface area contributed by atoms with Crippen molar-refractivity contribution in [3.63, 3.8) is 0 Å². The van der Waals surface area contributed by atoms with Crippen LogP contribution in [0.5, 0.6) is 5.75 Å². The second-order valence-electron chi connectivity index (χ2n) is 7.22. The Kier molecular flexibility index (Phi) is 4.40. The molecule has 1 aliphatic heterocycles. The lowest BCUT2D eigenvalue weighted by Crippen LogP contribution is -2.35. The van der Waals surface area contributed by atoms with E-state index in [0.717, 1.165) is 6.42 Å². The fourth-order valence-corrected chi connectivity index (χ4v) is 4.65. The van der Waals surface area contributed by atoms with Crippen LogP contribution in [0.25, 0.3) is 0 Å². The number of amides is 1. The molecule has 0 aromatic heterocycles. The molecular weight excluding hydrogens is 372 g/mol. The Morgan fingerprint density at radius 3 is 2.86 bits per heavy atom. The minimum absolute atomic E-state index is 0.0292. The Bertz CT molecular complexity index is 867. The molecule has 0 unspecified atom stereocenters. The third kappa shape index (κ3) is 2.94. The zero-order chi connectivity index (χ0) is 20.0. The largest absolute Gasteiger partial charge is 0.497 e. The van der Waals surface area contributed by atoms with Crippen LogP contribution in [-0.2, 0) is 23.9 Å². The van der Waals surface area contributed by atoms with Crippen molar-refractivity contribution < 1.29 is 33.5 Å². The maximum atomic E-state index is 12.5. The summed E-state index contributed by atoms with van der Waals surface area (Å²) in [5.41, 5.74) is -0.374. The van der Waals surface area contributed by atoms with Gasteiger partial charge >= 0.3 is 11.9 Å². The van der Waals surface area contributed by atoms with Gasteiger partial charge in [-0.2, -0.15) is 0 Å². The highest BCUT2D eigenvalue weighted by atomic mass is 16.6. The summed E-state index contributed by atoms with van der Waals surface area (Å²) >= 11 is 0. The van der Waals surface area contributed by atoms with E-state index in [1.54, 1.807) is 0 Å². The van der Waals surface area contributed by atoms with Crippen LogP contribution in [0.2, 0.25) is 0 Å². The molecule has 4 rings (SSSR count). The fraction of sp³-hybridized carbons (Fsp3) is 0.500. The lowest BCUT2D eigenvalue weighted by Gasteiger charge is -2.22. The molecule has 1 N–H and O–H groups in total. The van der Waals surface area contributed by atoms with Crippen molar-refractivity contribution in [2.75, 3.05) is 19.0 Å². The topological polar surface area (TPSA) is 134 Å². The summed E-state index contributed by atoms with van der Waals surface area (Å²) in [4.78, 5) is 47.0. The Labute approximate surface area is 159 Å². The minimum atomic E-state index is -0.722. The number of fused-ring (bicyclic) bond motifs is 1. The first-order valence-electron chi connectivity index (χ1n) is 8.88. The van der Waals surface area contributed by atoms with Crippen LogP contribution in [0.3, 0.4) is 0 Å². The maximum absolute atomic E-state index is 12.5. The van der Waals surface area contributed by atoms with Crippen LogP contribution in [0.4, 0.5) is 11.4 Å². The Morgan fingerprint density at radius 2 is 2.14 bits per heavy atom. The molecule has 2 bridgehead atoms. The number of carbonyl (C=O) groups excluding carboxylic acids is 3. The Hall–Kier alpha value is -3.17. The van der Waals surface area contributed by atoms with Gasteiger partial charge in [-0.3, -0.25) is 24.5 Å². The first-order chi connectivity index (χ1) is 13.4. The SMILES string of the molecule is COc1ccc([N+](=O)[O-])c(NC(=O)COC(=O)[C@@H]2[C@@H]3C[C@@H]4[C@H]2C(=O)O[C@@H]4C3)c1. The molecule has 148 valence electrons. The average Bonchev–Trinajstić information content (AvgIpc) is 3.28. The molecule has 5 atom stereocenters. The number of methoxy groups -OCH3 is 1. The molecule has 1 aromatic carbocycles. The third-order valence-corrected chi connectivity index (χ3v) is 5.78. The second kappa shape index (κ2) is 6.77. The number of nitro benzene ring substituents is 1. The number of hydrogen-bond acceptors (Lipinski definition) is 8. The van der Waals surface area contributed by atoms with Crippen molar-refractivity contribution in [2.24, 2.45) is 23.7 Å². The average molecular weight is 390 g/mol. The zero-order valence-corrected chi connectivity index (χ0v) is 15.0. The molecule has 1 heterocycles. The van der Waals surface area contributed by atoms with E-state index >= 15 is 0 Å². The van der Waals surface area contributed by atoms with Gasteiger partial charge in [0.15, 0.2) is 6.61 Å². The van der Waals surface area contributed by atoms with Gasteiger partial charge < -0.3 is 19.5 Å². The van der Waals surface area contributed by atoms with E-state index in [-0.39, 0.29) is 35.3 Å². The van der Waals surface area contributed by atoms with Crippen molar-refractivity contribution in [2.45, 2.75) is 18.9 Å². The smallest absolute Gasteiger partial charge is 0.310 e. The molecule has 0 spiro atoms. The van der Waals surface area contributed by atoms with Crippen molar-refractivity contribution in [3.05, 3.63) is 28.3 Å². The monoisotopic (exact) mass is 390 g/mol. The molecule has 3 aliphatic rings. The standard InChI is InChI=1S/C18H18N2O8/c1-26-9-2-3-12(20(24)25)11(6-9)19-14(21)7-27-17(22)15-8-4-10-13(5-8)28-18(23)16(10)15/h2-3,6,8,10,13,15-16H,4-5,7H2,1H3,(H,19,21)/t8-,10+,13-,15-,16-/m1/s1. The van der Waals surface area contributed by atoms with Crippen molar-refractivity contribution >= 4 is 29.2 Å². The normalized spacial score (nSPS) is 29.3. The Morgan fingerprint density at radius 1 is 1.36 bits per heavy atom. The van der Waals surface area contributed by atoms with Gasteiger partial charge in [0.2, 0.25) is 0 Å². The van der Waals surface area contributed by atoms with Crippen molar-refractivity contribution in [1.82, 2.24) is 0 Å². The summed E-state index contributed by atoms with van der Waals surface area (Å²) in [5.74, 6) is -2.36. The first-order valence-corrected chi connectivity index (χ1v) is 8.88. The van der Waals surface area contributed by atoms with Gasteiger partial charge in [0.25, 0.3) is 11.6 Å². The number of anilines is 1. The summed E-state index contributed by atoms with van der Waals surface area (Å²) in [6, 6.07) is 3.91. The van der Waals surface area contributed by atoms with Gasteiger partial charge in [-0.05, 0) is 24.8 Å². The number of nitrogens with one attached hydrogen (secondary N) is 1. The van der Waals surface area contributed by atoms with Gasteiger partial charge in [0, 0.05) is 18.1 Å². The molecule has 1 aromatic rings. The highest BCUT2D eigenvalue weighted by Crippen LogP contribution is 2.57. The van der Waals surface area contributed by atoms with E-state index in [9.17, 15) is 24.5 Å². The van der Waals surface area contributed by atoms with E-state index in [0.29, 0.717) is 12.2 Å². The lowest BCUT2D eigenvalue weighted by molar-refractivity contribution is -0.383. The number of hydrogen-bond donors (Lipinski definition) is 1. The maximum Gasteiger partial charge on any atom is 0.310 e. The summed E-state index contributed by atoms with van der Waals surface area (Å²) < 4.78 is 15.4. The molecule has 2 aliphatic carbocycles. The van der Waals surface area contributed by atoms with E-state index in [1.165, 1.54) is 25.3 Å². The highest BCUT2D eigenvalue weighted by molar-refractivity contribution is 5.95. The molecule has 1 amide bonds. The first kappa shape index (κ1) is 18.2. The molecule has 0 radical (unpaired) electrons. The number of nitrogens with zero attached hydrogens (tertiary/aromatic N) is 1. The molecular formula is C18H18N2O8. The molecule has 2 saturated carbocycles. The van der Waals surface area contributed by atoms with Crippen molar-refractivity contribution in [3.8, 4) is 5.75 Å². The fourth-order valence-electron chi connectivity index (χ4n) is 4.65. The predicted molar refractivity (Wildman–Crippen MR) is 92.3 cm³/mol. The van der Waals surface area contributed by atoms with Crippen molar-refractivity contribution in [1.29, 1.82) is 0 Å². The number of rotatable bonds is 6. The molecule has 1 saturated heterocycles. The number of nitro groups is 1. The summed E-state index contributed by atoms with van der Waals surface area (Å²) in [5, 5.41) is 13.5. The quantitative estimate of drug-likeness (QED) is 0.436. The summed E-state index contributed by atoms with van der Waals surface area (Å²) in [6.07, 6.45) is 1.31. The minimum Gasteiger partial charge on any atom is -0.497 e. The van der Waals surface area contributed by atoms with E-state index in [4.69, 9.17) is 14.2 Å². The van der Waals surface area contributed by atoms with Crippen LogP contribution in [0.1, 0.15) is 12.8 Å². The van der Waals surface area contributed by atoms with Gasteiger partial charge in [0.1, 0.15) is 17.5 Å².